The van der Waals surface area contributed by atoms with Gasteiger partial charge >= 0.3 is 0 Å². The third kappa shape index (κ3) is 1.44. The molecule has 1 N–H and O–H groups in total. The molecule has 1 saturated heterocycles. The predicted molar refractivity (Wildman–Crippen MR) is 52.8 cm³/mol. The summed E-state index contributed by atoms with van der Waals surface area (Å²) in [6.07, 6.45) is 0.964. The molecule has 0 amide bonds. The first kappa shape index (κ1) is 8.12. The van der Waals surface area contributed by atoms with Crippen LogP contribution in [0.4, 0.5) is 0 Å². The molecular formula is C11H13NO2. The van der Waals surface area contributed by atoms with Crippen molar-refractivity contribution in [2.24, 2.45) is 0 Å². The summed E-state index contributed by atoms with van der Waals surface area (Å²) in [7, 11) is 0. The minimum absolute atomic E-state index is 0.534. The average molecular weight is 191 g/mol. The van der Waals surface area contributed by atoms with Gasteiger partial charge in [-0.25, -0.2) is 0 Å². The minimum Gasteiger partial charge on any atom is -0.490 e. The van der Waals surface area contributed by atoms with Crippen molar-refractivity contribution in [3.8, 4) is 11.5 Å². The molecule has 3 heteroatoms. The molecule has 0 aromatic heterocycles. The number of rotatable bonds is 1. The van der Waals surface area contributed by atoms with Gasteiger partial charge in [0.2, 0.25) is 0 Å². The third-order valence-electron chi connectivity index (χ3n) is 2.58. The highest BCUT2D eigenvalue weighted by molar-refractivity contribution is 5.45. The van der Waals surface area contributed by atoms with Gasteiger partial charge in [0.05, 0.1) is 13.2 Å². The van der Waals surface area contributed by atoms with Gasteiger partial charge in [-0.1, -0.05) is 6.07 Å². The summed E-state index contributed by atoms with van der Waals surface area (Å²) in [6.45, 7) is 2.60. The van der Waals surface area contributed by atoms with Crippen molar-refractivity contribution in [1.29, 1.82) is 0 Å². The van der Waals surface area contributed by atoms with E-state index < -0.39 is 0 Å². The summed E-state index contributed by atoms with van der Waals surface area (Å²) in [6, 6.07) is 6.74. The zero-order valence-electron chi connectivity index (χ0n) is 7.95. The Hall–Kier alpha value is -1.22. The molecule has 3 nitrogen and oxygen atoms in total. The van der Waals surface area contributed by atoms with Crippen molar-refractivity contribution >= 4 is 0 Å². The van der Waals surface area contributed by atoms with Crippen LogP contribution in [0.3, 0.4) is 0 Å². The standard InChI is InChI=1S/C11H13NO2/c1-4-13-10-3-2-8(9-7-12-9)6-11(10)14-5-1/h2-3,6,9,12H,1,4-5,7H2. The first-order valence-electron chi connectivity index (χ1n) is 5.06. The lowest BCUT2D eigenvalue weighted by atomic mass is 10.1. The van der Waals surface area contributed by atoms with Crippen molar-refractivity contribution in [3.63, 3.8) is 0 Å². The first-order valence-corrected chi connectivity index (χ1v) is 5.06. The number of hydrogen-bond acceptors (Lipinski definition) is 3. The summed E-state index contributed by atoms with van der Waals surface area (Å²) in [5.74, 6) is 1.78. The molecule has 2 heterocycles. The monoisotopic (exact) mass is 191 g/mol. The second-order valence-electron chi connectivity index (χ2n) is 3.72. The van der Waals surface area contributed by atoms with Gasteiger partial charge in [-0.2, -0.15) is 0 Å². The van der Waals surface area contributed by atoms with Crippen molar-refractivity contribution < 1.29 is 9.47 Å². The van der Waals surface area contributed by atoms with Gasteiger partial charge in [-0.3, -0.25) is 0 Å². The van der Waals surface area contributed by atoms with Crippen LogP contribution in [0.15, 0.2) is 18.2 Å². The highest BCUT2D eigenvalue weighted by Gasteiger charge is 2.23. The molecule has 0 radical (unpaired) electrons. The van der Waals surface area contributed by atoms with Gasteiger partial charge < -0.3 is 14.8 Å². The molecule has 74 valence electrons. The van der Waals surface area contributed by atoms with E-state index in [1.165, 1.54) is 5.56 Å². The average Bonchev–Trinajstić information content (AvgIpc) is 3.04. The van der Waals surface area contributed by atoms with Gasteiger partial charge in [0.1, 0.15) is 0 Å². The lowest BCUT2D eigenvalue weighted by Crippen LogP contribution is -1.97. The Labute approximate surface area is 83.0 Å². The molecule has 1 aromatic carbocycles. The fourth-order valence-electron chi connectivity index (χ4n) is 1.69. The Bertz CT molecular complexity index is 347. The van der Waals surface area contributed by atoms with E-state index >= 15 is 0 Å². The molecule has 2 aliphatic heterocycles. The summed E-state index contributed by atoms with van der Waals surface area (Å²) in [5, 5.41) is 3.28. The molecule has 0 bridgehead atoms. The van der Waals surface area contributed by atoms with Gasteiger partial charge in [0.25, 0.3) is 0 Å². The lowest BCUT2D eigenvalue weighted by molar-refractivity contribution is 0.297. The second-order valence-corrected chi connectivity index (χ2v) is 3.72. The largest absolute Gasteiger partial charge is 0.490 e. The van der Waals surface area contributed by atoms with Crippen LogP contribution in [0, 0.1) is 0 Å². The minimum atomic E-state index is 0.534. The molecular weight excluding hydrogens is 178 g/mol. The van der Waals surface area contributed by atoms with Crippen LogP contribution in [0.5, 0.6) is 11.5 Å². The van der Waals surface area contributed by atoms with Crippen molar-refractivity contribution in [2.75, 3.05) is 19.8 Å². The number of ether oxygens (including phenoxy) is 2. The Balaban J connectivity index is 1.94. The number of hydrogen-bond donors (Lipinski definition) is 1. The van der Waals surface area contributed by atoms with Crippen LogP contribution in [-0.2, 0) is 0 Å². The molecule has 2 aliphatic rings. The van der Waals surface area contributed by atoms with Crippen molar-refractivity contribution in [3.05, 3.63) is 23.8 Å². The number of nitrogens with one attached hydrogen (secondary N) is 1. The molecule has 3 rings (SSSR count). The topological polar surface area (TPSA) is 40.4 Å². The molecule has 0 saturated carbocycles. The summed E-state index contributed by atoms with van der Waals surface area (Å²) in [4.78, 5) is 0. The van der Waals surface area contributed by atoms with E-state index in [-0.39, 0.29) is 0 Å². The Kier molecular flexibility index (Phi) is 1.84. The van der Waals surface area contributed by atoms with Gasteiger partial charge in [0, 0.05) is 19.0 Å². The Morgan fingerprint density at radius 2 is 1.93 bits per heavy atom. The van der Waals surface area contributed by atoms with E-state index in [4.69, 9.17) is 9.47 Å². The van der Waals surface area contributed by atoms with Crippen molar-refractivity contribution in [2.45, 2.75) is 12.5 Å². The fraction of sp³-hybridized carbons (Fsp3) is 0.455. The van der Waals surface area contributed by atoms with Crippen LogP contribution < -0.4 is 14.8 Å². The lowest BCUT2D eigenvalue weighted by Gasteiger charge is -2.08. The highest BCUT2D eigenvalue weighted by Crippen LogP contribution is 2.34. The fourth-order valence-corrected chi connectivity index (χ4v) is 1.69. The molecule has 1 atom stereocenters. The quantitative estimate of drug-likeness (QED) is 0.684. The maximum absolute atomic E-state index is 5.61. The Morgan fingerprint density at radius 1 is 1.14 bits per heavy atom. The zero-order valence-corrected chi connectivity index (χ0v) is 7.95. The molecule has 0 spiro atoms. The van der Waals surface area contributed by atoms with E-state index in [0.29, 0.717) is 6.04 Å². The molecule has 14 heavy (non-hydrogen) atoms. The first-order chi connectivity index (χ1) is 6.93. The van der Waals surface area contributed by atoms with E-state index in [1.54, 1.807) is 0 Å². The van der Waals surface area contributed by atoms with E-state index in [9.17, 15) is 0 Å². The van der Waals surface area contributed by atoms with E-state index in [2.05, 4.69) is 17.4 Å². The smallest absolute Gasteiger partial charge is 0.161 e. The van der Waals surface area contributed by atoms with Gasteiger partial charge in [0.15, 0.2) is 11.5 Å². The van der Waals surface area contributed by atoms with Crippen LogP contribution in [0.25, 0.3) is 0 Å². The van der Waals surface area contributed by atoms with E-state index in [0.717, 1.165) is 37.7 Å². The highest BCUT2D eigenvalue weighted by atomic mass is 16.5. The summed E-state index contributed by atoms with van der Waals surface area (Å²) < 4.78 is 11.2. The Morgan fingerprint density at radius 3 is 2.71 bits per heavy atom. The third-order valence-corrected chi connectivity index (χ3v) is 2.58. The predicted octanol–water partition coefficient (Wildman–Crippen LogP) is 1.49. The molecule has 1 fully saturated rings. The van der Waals surface area contributed by atoms with Crippen LogP contribution >= 0.6 is 0 Å². The SMILES string of the molecule is c1cc2c(cc1C1CN1)OCCCO2. The summed E-state index contributed by atoms with van der Waals surface area (Å²) >= 11 is 0. The molecule has 1 unspecified atom stereocenters. The molecule has 0 aliphatic carbocycles. The van der Waals surface area contributed by atoms with E-state index in [1.807, 2.05) is 6.07 Å². The number of benzene rings is 1. The van der Waals surface area contributed by atoms with Crippen molar-refractivity contribution in [1.82, 2.24) is 5.32 Å². The summed E-state index contributed by atoms with van der Waals surface area (Å²) in [5.41, 5.74) is 1.30. The number of fused-ring (bicyclic) bond motifs is 1. The normalized spacial score (nSPS) is 24.1. The maximum Gasteiger partial charge on any atom is 0.161 e. The molecule has 1 aromatic rings. The van der Waals surface area contributed by atoms with Gasteiger partial charge in [-0.05, 0) is 17.7 Å². The zero-order chi connectivity index (χ0) is 9.38. The second kappa shape index (κ2) is 3.17. The van der Waals surface area contributed by atoms with Crippen LogP contribution in [0.1, 0.15) is 18.0 Å². The van der Waals surface area contributed by atoms with Crippen LogP contribution in [-0.4, -0.2) is 19.8 Å². The van der Waals surface area contributed by atoms with Crippen LogP contribution in [0.2, 0.25) is 0 Å². The maximum atomic E-state index is 5.61. The van der Waals surface area contributed by atoms with Gasteiger partial charge in [-0.15, -0.1) is 0 Å².